The largest absolute Gasteiger partial charge is 0.387 e. The van der Waals surface area contributed by atoms with Crippen molar-refractivity contribution in [3.05, 3.63) is 87.0 Å². The van der Waals surface area contributed by atoms with Crippen molar-refractivity contribution in [1.29, 1.82) is 0 Å². The fraction of sp³-hybridized carbons (Fsp3) is 0.143. The molecule has 1 unspecified atom stereocenters. The Morgan fingerprint density at radius 2 is 1.83 bits per heavy atom. The van der Waals surface area contributed by atoms with Crippen LogP contribution in [0.5, 0.6) is 0 Å². The van der Waals surface area contributed by atoms with Crippen LogP contribution >= 0.6 is 22.9 Å². The number of benzene rings is 2. The van der Waals surface area contributed by atoms with Gasteiger partial charge in [-0.25, -0.2) is 4.39 Å². The summed E-state index contributed by atoms with van der Waals surface area (Å²) < 4.78 is 13.0. The first-order valence-electron chi connectivity index (χ1n) is 8.73. The van der Waals surface area contributed by atoms with Crippen molar-refractivity contribution in [1.82, 2.24) is 5.32 Å². The molecule has 3 N–H and O–H groups in total. The number of carbonyl (C=O) groups is 2. The second kappa shape index (κ2) is 9.17. The Bertz CT molecular complexity index is 1040. The molecule has 150 valence electrons. The van der Waals surface area contributed by atoms with Crippen molar-refractivity contribution in [2.75, 3.05) is 11.9 Å². The molecule has 0 spiro atoms. The molecule has 0 saturated heterocycles. The molecular formula is C21H18ClFN2O3S. The Balaban J connectivity index is 1.63. The van der Waals surface area contributed by atoms with E-state index in [0.717, 1.165) is 11.3 Å². The fourth-order valence-corrected chi connectivity index (χ4v) is 3.87. The van der Waals surface area contributed by atoms with Crippen LogP contribution in [0.4, 0.5) is 9.39 Å². The van der Waals surface area contributed by atoms with Crippen LogP contribution in [0.15, 0.2) is 54.6 Å². The predicted molar refractivity (Wildman–Crippen MR) is 112 cm³/mol. The minimum atomic E-state index is -0.959. The smallest absolute Gasteiger partial charge is 0.261 e. The van der Waals surface area contributed by atoms with Crippen LogP contribution in [0.3, 0.4) is 0 Å². The molecule has 0 aliphatic heterocycles. The van der Waals surface area contributed by atoms with Gasteiger partial charge in [0.25, 0.3) is 11.8 Å². The number of hydrogen-bond donors (Lipinski definition) is 3. The van der Waals surface area contributed by atoms with Gasteiger partial charge in [0.2, 0.25) is 0 Å². The number of carbonyl (C=O) groups excluding carboxylic acids is 2. The van der Waals surface area contributed by atoms with Gasteiger partial charge in [-0.15, -0.1) is 11.3 Å². The lowest BCUT2D eigenvalue weighted by Crippen LogP contribution is -2.28. The zero-order chi connectivity index (χ0) is 21.0. The van der Waals surface area contributed by atoms with Gasteiger partial charge in [0.05, 0.1) is 26.6 Å². The molecule has 29 heavy (non-hydrogen) atoms. The van der Waals surface area contributed by atoms with Crippen LogP contribution in [-0.2, 0) is 0 Å². The first-order chi connectivity index (χ1) is 13.8. The monoisotopic (exact) mass is 432 g/mol. The molecule has 5 nitrogen and oxygen atoms in total. The van der Waals surface area contributed by atoms with E-state index >= 15 is 0 Å². The second-order valence-corrected chi connectivity index (χ2v) is 7.79. The molecule has 2 aromatic carbocycles. The van der Waals surface area contributed by atoms with Crippen LogP contribution in [0.2, 0.25) is 5.02 Å². The van der Waals surface area contributed by atoms with Crippen molar-refractivity contribution in [3.63, 3.8) is 0 Å². The number of aryl methyl sites for hydroxylation is 1. The normalized spacial score (nSPS) is 11.7. The van der Waals surface area contributed by atoms with Gasteiger partial charge in [0.15, 0.2) is 0 Å². The summed E-state index contributed by atoms with van der Waals surface area (Å²) in [7, 11) is 0. The van der Waals surface area contributed by atoms with E-state index in [9.17, 15) is 19.1 Å². The summed E-state index contributed by atoms with van der Waals surface area (Å²) in [4.78, 5) is 25.3. The number of aliphatic hydroxyl groups excluding tert-OH is 1. The highest BCUT2D eigenvalue weighted by Crippen LogP contribution is 2.28. The predicted octanol–water partition coefficient (Wildman–Crippen LogP) is 4.56. The molecule has 0 saturated carbocycles. The van der Waals surface area contributed by atoms with Crippen molar-refractivity contribution >= 4 is 39.8 Å². The van der Waals surface area contributed by atoms with E-state index in [2.05, 4.69) is 10.6 Å². The first kappa shape index (κ1) is 21.0. The molecule has 0 radical (unpaired) electrons. The molecule has 0 fully saturated rings. The van der Waals surface area contributed by atoms with E-state index in [4.69, 9.17) is 11.6 Å². The number of rotatable bonds is 6. The quantitative estimate of drug-likeness (QED) is 0.534. The highest BCUT2D eigenvalue weighted by molar-refractivity contribution is 7.18. The van der Waals surface area contributed by atoms with Crippen LogP contribution in [0.1, 0.15) is 37.3 Å². The Morgan fingerprint density at radius 3 is 2.52 bits per heavy atom. The number of aliphatic hydroxyl groups is 1. The molecular weight excluding hydrogens is 415 g/mol. The average molecular weight is 433 g/mol. The summed E-state index contributed by atoms with van der Waals surface area (Å²) in [6.07, 6.45) is -0.959. The van der Waals surface area contributed by atoms with E-state index in [1.807, 2.05) is 0 Å². The maximum Gasteiger partial charge on any atom is 0.261 e. The van der Waals surface area contributed by atoms with Gasteiger partial charge < -0.3 is 15.7 Å². The molecule has 3 rings (SSSR count). The van der Waals surface area contributed by atoms with Gasteiger partial charge in [0, 0.05) is 6.54 Å². The first-order valence-corrected chi connectivity index (χ1v) is 9.92. The van der Waals surface area contributed by atoms with Crippen LogP contribution in [0, 0.1) is 12.7 Å². The topological polar surface area (TPSA) is 78.4 Å². The van der Waals surface area contributed by atoms with E-state index < -0.39 is 11.9 Å². The third kappa shape index (κ3) is 5.20. The zero-order valence-corrected chi connectivity index (χ0v) is 17.0. The third-order valence-corrected chi connectivity index (χ3v) is 5.67. The van der Waals surface area contributed by atoms with Gasteiger partial charge in [-0.05, 0) is 48.4 Å². The highest BCUT2D eigenvalue weighted by Gasteiger charge is 2.18. The molecule has 3 aromatic rings. The maximum absolute atomic E-state index is 13.0. The van der Waals surface area contributed by atoms with Crippen molar-refractivity contribution < 1.29 is 19.1 Å². The summed E-state index contributed by atoms with van der Waals surface area (Å²) in [6, 6.07) is 13.8. The van der Waals surface area contributed by atoms with Crippen LogP contribution in [-0.4, -0.2) is 23.5 Å². The lowest BCUT2D eigenvalue weighted by Gasteiger charge is -2.12. The van der Waals surface area contributed by atoms with E-state index in [0.29, 0.717) is 31.6 Å². The van der Waals surface area contributed by atoms with E-state index in [1.165, 1.54) is 24.3 Å². The van der Waals surface area contributed by atoms with Crippen molar-refractivity contribution in [2.45, 2.75) is 13.0 Å². The Kier molecular flexibility index (Phi) is 6.64. The number of hydrogen-bond acceptors (Lipinski definition) is 4. The molecule has 1 heterocycles. The summed E-state index contributed by atoms with van der Waals surface area (Å²) in [5, 5.41) is 16.4. The molecule has 8 heteroatoms. The average Bonchev–Trinajstić information content (AvgIpc) is 3.06. The summed E-state index contributed by atoms with van der Waals surface area (Å²) >= 11 is 7.16. The Hall–Kier alpha value is -2.74. The van der Waals surface area contributed by atoms with Crippen molar-refractivity contribution in [3.8, 4) is 0 Å². The molecule has 0 bridgehead atoms. The molecule has 1 aromatic heterocycles. The lowest BCUT2D eigenvalue weighted by molar-refractivity contribution is 0.0919. The summed E-state index contributed by atoms with van der Waals surface area (Å²) in [5.41, 5.74) is 1.54. The lowest BCUT2D eigenvalue weighted by atomic mass is 10.1. The van der Waals surface area contributed by atoms with Crippen molar-refractivity contribution in [2.24, 2.45) is 0 Å². The summed E-state index contributed by atoms with van der Waals surface area (Å²) in [6.45, 7) is 1.73. The van der Waals surface area contributed by atoms with Crippen LogP contribution in [0.25, 0.3) is 0 Å². The maximum atomic E-state index is 13.0. The fourth-order valence-electron chi connectivity index (χ4n) is 2.67. The van der Waals surface area contributed by atoms with Gasteiger partial charge in [-0.1, -0.05) is 35.9 Å². The second-order valence-electron chi connectivity index (χ2n) is 6.33. The molecule has 0 aliphatic carbocycles. The minimum Gasteiger partial charge on any atom is -0.387 e. The summed E-state index contributed by atoms with van der Waals surface area (Å²) in [5.74, 6) is -1.13. The van der Waals surface area contributed by atoms with E-state index in [-0.39, 0.29) is 18.4 Å². The molecule has 1 atom stereocenters. The number of thiophene rings is 1. The standard InChI is InChI=1S/C21H18ClFN2O3S/c1-12-10-18(25-20(27)15-4-2-3-5-16(15)22)29-19(12)21(28)24-11-17(26)13-6-8-14(23)9-7-13/h2-10,17,26H,11H2,1H3,(H,24,28)(H,25,27). The zero-order valence-electron chi connectivity index (χ0n) is 15.4. The SMILES string of the molecule is Cc1cc(NC(=O)c2ccccc2Cl)sc1C(=O)NCC(O)c1ccc(F)cc1. The third-order valence-electron chi connectivity index (χ3n) is 4.19. The number of halogens is 2. The van der Waals surface area contributed by atoms with Crippen LogP contribution < -0.4 is 10.6 Å². The van der Waals surface area contributed by atoms with Gasteiger partial charge in [-0.3, -0.25) is 9.59 Å². The number of nitrogens with one attached hydrogen (secondary N) is 2. The minimum absolute atomic E-state index is 0.0247. The van der Waals surface area contributed by atoms with Gasteiger partial charge in [0.1, 0.15) is 5.82 Å². The molecule has 0 aliphatic rings. The molecule has 2 amide bonds. The Labute approximate surface area is 176 Å². The van der Waals surface area contributed by atoms with Gasteiger partial charge in [-0.2, -0.15) is 0 Å². The van der Waals surface area contributed by atoms with E-state index in [1.54, 1.807) is 37.3 Å². The van der Waals surface area contributed by atoms with Gasteiger partial charge >= 0.3 is 0 Å². The highest BCUT2D eigenvalue weighted by atomic mass is 35.5. The Morgan fingerprint density at radius 1 is 1.14 bits per heavy atom. The number of anilines is 1. The number of amides is 2.